The van der Waals surface area contributed by atoms with Crippen LogP contribution in [0.1, 0.15) is 58.6 Å². The van der Waals surface area contributed by atoms with E-state index in [1.165, 1.54) is 25.4 Å². The van der Waals surface area contributed by atoms with Gasteiger partial charge < -0.3 is 19.9 Å². The fourth-order valence-corrected chi connectivity index (χ4v) is 4.96. The van der Waals surface area contributed by atoms with Gasteiger partial charge in [-0.25, -0.2) is 24.1 Å². The summed E-state index contributed by atoms with van der Waals surface area (Å²) in [6.07, 6.45) is 1.97. The Morgan fingerprint density at radius 1 is 1.18 bits per heavy atom. The van der Waals surface area contributed by atoms with Crippen LogP contribution >= 0.6 is 11.6 Å². The Kier molecular flexibility index (Phi) is 8.06. The van der Waals surface area contributed by atoms with Gasteiger partial charge in [0.2, 0.25) is 0 Å². The fourth-order valence-electron chi connectivity index (χ4n) is 4.84. The lowest BCUT2D eigenvalue weighted by molar-refractivity contribution is 0.0505. The number of carbonyl (C=O) groups excluding carboxylic acids is 2. The molecule has 4 rings (SSSR count). The Balaban J connectivity index is 1.52. The zero-order chi connectivity index (χ0) is 28.5. The van der Waals surface area contributed by atoms with Crippen LogP contribution in [0.15, 0.2) is 30.5 Å². The number of ether oxygens (including phenoxy) is 1. The molecule has 206 valence electrons. The molecule has 3 heterocycles. The molecule has 0 atom stereocenters. The third-order valence-electron chi connectivity index (χ3n) is 6.83. The lowest BCUT2D eigenvalue weighted by Crippen LogP contribution is -2.61. The summed E-state index contributed by atoms with van der Waals surface area (Å²) < 4.78 is 18.8. The number of hydrogen-bond donors (Lipinski definition) is 1. The van der Waals surface area contributed by atoms with E-state index in [0.29, 0.717) is 54.5 Å². The molecule has 2 aromatic heterocycles. The topological polar surface area (TPSA) is 101 Å². The Morgan fingerprint density at radius 3 is 2.54 bits per heavy atom. The first-order valence-electron chi connectivity index (χ1n) is 12.7. The number of rotatable bonds is 6. The van der Waals surface area contributed by atoms with Gasteiger partial charge in [0.25, 0.3) is 5.91 Å². The molecule has 0 spiro atoms. The number of hydrogen-bond acceptors (Lipinski definition) is 8. The van der Waals surface area contributed by atoms with Gasteiger partial charge >= 0.3 is 5.97 Å². The number of halogens is 2. The quantitative estimate of drug-likeness (QED) is 0.419. The lowest BCUT2D eigenvalue weighted by atomic mass is 9.97. The average molecular weight is 555 g/mol. The zero-order valence-corrected chi connectivity index (χ0v) is 23.7. The number of carbonyl (C=O) groups is 2. The van der Waals surface area contributed by atoms with Crippen molar-refractivity contribution in [2.75, 3.05) is 37.0 Å². The van der Waals surface area contributed by atoms with Crippen LogP contribution in [0.4, 0.5) is 21.7 Å². The summed E-state index contributed by atoms with van der Waals surface area (Å²) in [7, 11) is 1.35. The van der Waals surface area contributed by atoms with E-state index in [1.54, 1.807) is 17.9 Å². The molecule has 1 amide bonds. The summed E-state index contributed by atoms with van der Waals surface area (Å²) >= 11 is 5.78. The minimum Gasteiger partial charge on any atom is -0.465 e. The summed E-state index contributed by atoms with van der Waals surface area (Å²) in [5, 5.41) is 3.09. The number of aromatic nitrogens is 3. The highest BCUT2D eigenvalue weighted by atomic mass is 35.5. The molecule has 1 N–H and O–H groups in total. The van der Waals surface area contributed by atoms with Gasteiger partial charge in [0.05, 0.1) is 40.8 Å². The molecule has 1 aliphatic heterocycles. The number of anilines is 3. The second-order valence-corrected chi connectivity index (χ2v) is 10.5. The molecular formula is C28H32ClFN6O3. The van der Waals surface area contributed by atoms with Crippen LogP contribution < -0.4 is 10.2 Å². The van der Waals surface area contributed by atoms with Crippen molar-refractivity contribution >= 4 is 40.8 Å². The van der Waals surface area contributed by atoms with Crippen LogP contribution in [-0.4, -0.2) is 64.0 Å². The third-order valence-corrected chi connectivity index (χ3v) is 7.13. The monoisotopic (exact) mass is 554 g/mol. The highest BCUT2D eigenvalue weighted by molar-refractivity contribution is 6.30. The van der Waals surface area contributed by atoms with Gasteiger partial charge in [0.15, 0.2) is 5.82 Å². The van der Waals surface area contributed by atoms with Crippen molar-refractivity contribution in [2.45, 2.75) is 46.6 Å². The summed E-state index contributed by atoms with van der Waals surface area (Å²) in [5.41, 5.74) is 2.64. The predicted octanol–water partition coefficient (Wildman–Crippen LogP) is 5.11. The second kappa shape index (κ2) is 11.1. The molecule has 0 bridgehead atoms. The van der Waals surface area contributed by atoms with E-state index < -0.39 is 17.3 Å². The van der Waals surface area contributed by atoms with E-state index >= 15 is 0 Å². The van der Waals surface area contributed by atoms with Gasteiger partial charge in [0.1, 0.15) is 17.3 Å². The van der Waals surface area contributed by atoms with Crippen molar-refractivity contribution in [1.82, 2.24) is 19.9 Å². The number of methoxy groups -OCH3 is 1. The van der Waals surface area contributed by atoms with Crippen LogP contribution in [0.2, 0.25) is 5.02 Å². The number of piperazine rings is 1. The highest BCUT2D eigenvalue weighted by Crippen LogP contribution is 2.29. The summed E-state index contributed by atoms with van der Waals surface area (Å²) in [6, 6.07) is 6.27. The van der Waals surface area contributed by atoms with Crippen molar-refractivity contribution < 1.29 is 18.7 Å². The van der Waals surface area contributed by atoms with Gasteiger partial charge in [-0.1, -0.05) is 18.5 Å². The van der Waals surface area contributed by atoms with Crippen molar-refractivity contribution in [3.8, 4) is 0 Å². The van der Waals surface area contributed by atoms with Crippen molar-refractivity contribution in [2.24, 2.45) is 0 Å². The predicted molar refractivity (Wildman–Crippen MR) is 148 cm³/mol. The third kappa shape index (κ3) is 5.80. The lowest BCUT2D eigenvalue weighted by Gasteiger charge is -2.47. The molecule has 0 saturated carbocycles. The normalized spacial score (nSPS) is 14.8. The van der Waals surface area contributed by atoms with Crippen molar-refractivity contribution in [3.63, 3.8) is 0 Å². The highest BCUT2D eigenvalue weighted by Gasteiger charge is 2.38. The maximum absolute atomic E-state index is 13.9. The smallest absolute Gasteiger partial charge is 0.339 e. The molecule has 1 aromatic carbocycles. The van der Waals surface area contributed by atoms with E-state index in [9.17, 15) is 14.0 Å². The molecule has 11 heteroatoms. The summed E-state index contributed by atoms with van der Waals surface area (Å²) in [4.78, 5) is 43.3. The van der Waals surface area contributed by atoms with Crippen molar-refractivity contribution in [3.05, 3.63) is 69.5 Å². The minimum absolute atomic E-state index is 0.0327. The molecule has 1 aliphatic rings. The first-order chi connectivity index (χ1) is 18.4. The maximum Gasteiger partial charge on any atom is 0.339 e. The molecule has 1 saturated heterocycles. The van der Waals surface area contributed by atoms with Crippen LogP contribution in [0.3, 0.4) is 0 Å². The van der Waals surface area contributed by atoms with Gasteiger partial charge in [-0.2, -0.15) is 0 Å². The Hall–Kier alpha value is -3.79. The van der Waals surface area contributed by atoms with E-state index in [2.05, 4.69) is 25.2 Å². The molecule has 9 nitrogen and oxygen atoms in total. The molecule has 0 unspecified atom stereocenters. The van der Waals surface area contributed by atoms with Crippen LogP contribution in [0, 0.1) is 19.7 Å². The Labute approximate surface area is 232 Å². The Bertz CT molecular complexity index is 1410. The molecule has 1 fully saturated rings. The number of esters is 1. The first-order valence-corrected chi connectivity index (χ1v) is 13.0. The van der Waals surface area contributed by atoms with Gasteiger partial charge in [-0.05, 0) is 63.9 Å². The minimum atomic E-state index is -0.541. The maximum atomic E-state index is 13.9. The number of nitrogens with zero attached hydrogens (tertiary/aromatic N) is 5. The van der Waals surface area contributed by atoms with Gasteiger partial charge in [-0.3, -0.25) is 4.79 Å². The van der Waals surface area contributed by atoms with E-state index in [4.69, 9.17) is 16.3 Å². The fraction of sp³-hybridized carbons (Fsp3) is 0.393. The van der Waals surface area contributed by atoms with Crippen molar-refractivity contribution in [1.29, 1.82) is 0 Å². The summed E-state index contributed by atoms with van der Waals surface area (Å²) in [5.74, 6) is 0.0361. The zero-order valence-electron chi connectivity index (χ0n) is 22.9. The number of pyridine rings is 1. The van der Waals surface area contributed by atoms with Crippen LogP contribution in [0.25, 0.3) is 0 Å². The van der Waals surface area contributed by atoms with E-state index in [-0.39, 0.29) is 16.6 Å². The second-order valence-electron chi connectivity index (χ2n) is 10.1. The van der Waals surface area contributed by atoms with Crippen LogP contribution in [-0.2, 0) is 11.2 Å². The molecule has 39 heavy (non-hydrogen) atoms. The largest absolute Gasteiger partial charge is 0.465 e. The standard InChI is InChI=1S/C28H32ClFN6O3/c1-7-21-25(33-18-8-9-19(29)20(30)13-18)31-14-22(34-21)26(37)36-11-10-35(15-28(36,4)5)23-12-16(2)24(17(3)32-23)27(38)39-6/h8-9,12-14H,7,10-11,15H2,1-6H3,(H,31,33). The molecular weight excluding hydrogens is 523 g/mol. The van der Waals surface area contributed by atoms with Crippen LogP contribution in [0.5, 0.6) is 0 Å². The number of amides is 1. The molecule has 0 radical (unpaired) electrons. The molecule has 3 aromatic rings. The SMILES string of the molecule is CCc1nc(C(=O)N2CCN(c3cc(C)c(C(=O)OC)c(C)n3)CC2(C)C)cnc1Nc1ccc(Cl)c(F)c1. The average Bonchev–Trinajstić information content (AvgIpc) is 2.89. The van der Waals surface area contributed by atoms with E-state index in [1.807, 2.05) is 33.8 Å². The number of benzene rings is 1. The van der Waals surface area contributed by atoms with E-state index in [0.717, 1.165) is 11.4 Å². The Morgan fingerprint density at radius 2 is 1.92 bits per heavy atom. The molecule has 0 aliphatic carbocycles. The first kappa shape index (κ1) is 28.2. The number of aryl methyl sites for hydroxylation is 3. The van der Waals surface area contributed by atoms with Gasteiger partial charge in [0, 0.05) is 25.3 Å². The number of nitrogens with one attached hydrogen (secondary N) is 1. The summed E-state index contributed by atoms with van der Waals surface area (Å²) in [6.45, 7) is 11.1. The van der Waals surface area contributed by atoms with Gasteiger partial charge in [-0.15, -0.1) is 0 Å².